The quantitative estimate of drug-likeness (QED) is 0.785. The van der Waals surface area contributed by atoms with E-state index < -0.39 is 0 Å². The molecule has 1 aliphatic rings. The summed E-state index contributed by atoms with van der Waals surface area (Å²) in [5.41, 5.74) is 7.18. The van der Waals surface area contributed by atoms with Crippen LogP contribution < -0.4 is 10.6 Å². The molecule has 0 amide bonds. The molecule has 0 saturated carbocycles. The highest BCUT2D eigenvalue weighted by Crippen LogP contribution is 2.15. The molecule has 1 aromatic rings. The lowest BCUT2D eigenvalue weighted by molar-refractivity contribution is 0.201. The third-order valence-electron chi connectivity index (χ3n) is 3.01. The molecule has 1 fully saturated rings. The molecule has 0 aromatic heterocycles. The Morgan fingerprint density at radius 1 is 1.07 bits per heavy atom. The van der Waals surface area contributed by atoms with Crippen LogP contribution in [0.4, 0.5) is 5.69 Å². The molecule has 3 nitrogen and oxygen atoms in total. The van der Waals surface area contributed by atoms with Crippen molar-refractivity contribution < 1.29 is 0 Å². The van der Waals surface area contributed by atoms with Gasteiger partial charge in [-0.1, -0.05) is 18.2 Å². The van der Waals surface area contributed by atoms with Gasteiger partial charge in [0.25, 0.3) is 0 Å². The standard InChI is InChI=1S/C12H19N3/c1-11(13)14-7-9-15(10-8-14)12-5-3-2-4-6-12/h2-6,11H,7-10,13H2,1H3. The lowest BCUT2D eigenvalue weighted by Gasteiger charge is -2.37. The van der Waals surface area contributed by atoms with Crippen molar-refractivity contribution in [1.82, 2.24) is 4.90 Å². The van der Waals surface area contributed by atoms with E-state index in [-0.39, 0.29) is 6.17 Å². The summed E-state index contributed by atoms with van der Waals surface area (Å²) in [5, 5.41) is 0. The van der Waals surface area contributed by atoms with E-state index in [0.717, 1.165) is 26.2 Å². The Bertz CT molecular complexity index is 289. The number of rotatable bonds is 2. The molecular weight excluding hydrogens is 186 g/mol. The molecule has 0 bridgehead atoms. The first-order valence-corrected chi connectivity index (χ1v) is 5.57. The van der Waals surface area contributed by atoms with Crippen molar-refractivity contribution in [2.45, 2.75) is 13.1 Å². The van der Waals surface area contributed by atoms with E-state index in [2.05, 4.69) is 47.1 Å². The Labute approximate surface area is 91.5 Å². The third kappa shape index (κ3) is 2.49. The number of para-hydroxylation sites is 1. The molecule has 0 spiro atoms. The maximum Gasteiger partial charge on any atom is 0.0544 e. The van der Waals surface area contributed by atoms with Crippen molar-refractivity contribution in [3.05, 3.63) is 30.3 Å². The lowest BCUT2D eigenvalue weighted by Crippen LogP contribution is -2.52. The number of benzene rings is 1. The van der Waals surface area contributed by atoms with Crippen LogP contribution in [0, 0.1) is 0 Å². The maximum absolute atomic E-state index is 5.86. The van der Waals surface area contributed by atoms with Crippen LogP contribution in [0.2, 0.25) is 0 Å². The largest absolute Gasteiger partial charge is 0.369 e. The molecule has 15 heavy (non-hydrogen) atoms. The van der Waals surface area contributed by atoms with Crippen LogP contribution >= 0.6 is 0 Å². The minimum atomic E-state index is 0.183. The van der Waals surface area contributed by atoms with Crippen LogP contribution in [0.5, 0.6) is 0 Å². The van der Waals surface area contributed by atoms with Gasteiger partial charge in [0.1, 0.15) is 0 Å². The zero-order valence-corrected chi connectivity index (χ0v) is 9.26. The third-order valence-corrected chi connectivity index (χ3v) is 3.01. The second-order valence-electron chi connectivity index (χ2n) is 4.10. The van der Waals surface area contributed by atoms with Gasteiger partial charge < -0.3 is 10.6 Å². The smallest absolute Gasteiger partial charge is 0.0544 e. The van der Waals surface area contributed by atoms with Gasteiger partial charge in [-0.05, 0) is 19.1 Å². The number of hydrogen-bond donors (Lipinski definition) is 1. The number of hydrogen-bond acceptors (Lipinski definition) is 3. The Morgan fingerprint density at radius 2 is 1.67 bits per heavy atom. The van der Waals surface area contributed by atoms with Gasteiger partial charge in [-0.3, -0.25) is 4.90 Å². The van der Waals surface area contributed by atoms with Gasteiger partial charge in [0.15, 0.2) is 0 Å². The first-order chi connectivity index (χ1) is 7.27. The van der Waals surface area contributed by atoms with Gasteiger partial charge in [0.05, 0.1) is 6.17 Å². The first kappa shape index (κ1) is 10.5. The molecule has 0 aliphatic carbocycles. The number of piperazine rings is 1. The predicted octanol–water partition coefficient (Wildman–Crippen LogP) is 1.11. The van der Waals surface area contributed by atoms with Gasteiger partial charge in [-0.2, -0.15) is 0 Å². The minimum absolute atomic E-state index is 0.183. The van der Waals surface area contributed by atoms with Gasteiger partial charge in [0, 0.05) is 31.9 Å². The van der Waals surface area contributed by atoms with Crippen molar-refractivity contribution in [1.29, 1.82) is 0 Å². The Balaban J connectivity index is 1.94. The average molecular weight is 205 g/mol. The summed E-state index contributed by atoms with van der Waals surface area (Å²) in [4.78, 5) is 4.73. The zero-order valence-electron chi connectivity index (χ0n) is 9.26. The highest BCUT2D eigenvalue weighted by atomic mass is 15.3. The predicted molar refractivity (Wildman–Crippen MR) is 63.9 cm³/mol. The molecule has 1 unspecified atom stereocenters. The van der Waals surface area contributed by atoms with Crippen LogP contribution in [0.1, 0.15) is 6.92 Å². The number of anilines is 1. The number of nitrogens with zero attached hydrogens (tertiary/aromatic N) is 2. The SMILES string of the molecule is CC(N)N1CCN(c2ccccc2)CC1. The fourth-order valence-corrected chi connectivity index (χ4v) is 2.03. The first-order valence-electron chi connectivity index (χ1n) is 5.57. The van der Waals surface area contributed by atoms with E-state index in [1.807, 2.05) is 0 Å². The zero-order chi connectivity index (χ0) is 10.7. The molecule has 1 saturated heterocycles. The summed E-state index contributed by atoms with van der Waals surface area (Å²) in [6, 6.07) is 10.6. The van der Waals surface area contributed by atoms with Crippen molar-refractivity contribution in [2.75, 3.05) is 31.1 Å². The summed E-state index contributed by atoms with van der Waals surface area (Å²) in [6.07, 6.45) is 0.183. The van der Waals surface area contributed by atoms with E-state index >= 15 is 0 Å². The topological polar surface area (TPSA) is 32.5 Å². The fourth-order valence-electron chi connectivity index (χ4n) is 2.03. The highest BCUT2D eigenvalue weighted by molar-refractivity contribution is 5.46. The molecule has 2 rings (SSSR count). The Morgan fingerprint density at radius 3 is 2.20 bits per heavy atom. The molecule has 1 aromatic carbocycles. The summed E-state index contributed by atoms with van der Waals surface area (Å²) in [7, 11) is 0. The van der Waals surface area contributed by atoms with Crippen LogP contribution in [0.25, 0.3) is 0 Å². The van der Waals surface area contributed by atoms with Gasteiger partial charge in [-0.15, -0.1) is 0 Å². The minimum Gasteiger partial charge on any atom is -0.369 e. The molecular formula is C12H19N3. The Hall–Kier alpha value is -1.06. The second-order valence-corrected chi connectivity index (χ2v) is 4.10. The molecule has 82 valence electrons. The number of nitrogens with two attached hydrogens (primary N) is 1. The van der Waals surface area contributed by atoms with E-state index in [1.165, 1.54) is 5.69 Å². The Kier molecular flexibility index (Phi) is 3.23. The molecule has 3 heteroatoms. The van der Waals surface area contributed by atoms with E-state index in [9.17, 15) is 0 Å². The monoisotopic (exact) mass is 205 g/mol. The van der Waals surface area contributed by atoms with E-state index in [1.54, 1.807) is 0 Å². The van der Waals surface area contributed by atoms with Crippen molar-refractivity contribution in [2.24, 2.45) is 5.73 Å². The summed E-state index contributed by atoms with van der Waals surface area (Å²) in [6.45, 7) is 6.33. The summed E-state index contributed by atoms with van der Waals surface area (Å²) < 4.78 is 0. The summed E-state index contributed by atoms with van der Waals surface area (Å²) in [5.74, 6) is 0. The second kappa shape index (κ2) is 4.64. The normalized spacial score (nSPS) is 20.3. The van der Waals surface area contributed by atoms with Crippen LogP contribution in [-0.4, -0.2) is 37.2 Å². The average Bonchev–Trinajstić information content (AvgIpc) is 2.30. The van der Waals surface area contributed by atoms with Crippen molar-refractivity contribution in [3.8, 4) is 0 Å². The molecule has 1 heterocycles. The van der Waals surface area contributed by atoms with Crippen molar-refractivity contribution in [3.63, 3.8) is 0 Å². The molecule has 1 aliphatic heterocycles. The molecule has 2 N–H and O–H groups in total. The van der Waals surface area contributed by atoms with Gasteiger partial charge in [-0.25, -0.2) is 0 Å². The van der Waals surface area contributed by atoms with Crippen molar-refractivity contribution >= 4 is 5.69 Å². The molecule has 1 atom stereocenters. The van der Waals surface area contributed by atoms with Gasteiger partial charge in [0.2, 0.25) is 0 Å². The van der Waals surface area contributed by atoms with Gasteiger partial charge >= 0.3 is 0 Å². The van der Waals surface area contributed by atoms with E-state index in [0.29, 0.717) is 0 Å². The van der Waals surface area contributed by atoms with Crippen LogP contribution in [-0.2, 0) is 0 Å². The highest BCUT2D eigenvalue weighted by Gasteiger charge is 2.18. The van der Waals surface area contributed by atoms with E-state index in [4.69, 9.17) is 5.73 Å². The maximum atomic E-state index is 5.86. The summed E-state index contributed by atoms with van der Waals surface area (Å²) >= 11 is 0. The van der Waals surface area contributed by atoms with Crippen LogP contribution in [0.3, 0.4) is 0 Å². The van der Waals surface area contributed by atoms with Crippen LogP contribution in [0.15, 0.2) is 30.3 Å². The lowest BCUT2D eigenvalue weighted by atomic mass is 10.2. The molecule has 0 radical (unpaired) electrons. The fraction of sp³-hybridized carbons (Fsp3) is 0.500.